The molecule has 2 amide bonds. The highest BCUT2D eigenvalue weighted by molar-refractivity contribution is 6.35. The summed E-state index contributed by atoms with van der Waals surface area (Å²) in [6.07, 6.45) is 3.76. The monoisotopic (exact) mass is 396 g/mol. The third-order valence-corrected chi connectivity index (χ3v) is 4.64. The molecule has 1 aliphatic rings. The summed E-state index contributed by atoms with van der Waals surface area (Å²) in [6, 6.07) is 6.73. The molecule has 1 atom stereocenters. The fourth-order valence-corrected chi connectivity index (χ4v) is 3.02. The summed E-state index contributed by atoms with van der Waals surface area (Å²) in [5, 5.41) is 9.07. The topological polar surface area (TPSA) is 108 Å². The molecule has 2 heterocycles. The number of likely N-dealkylation sites (tertiary alicyclic amines) is 1. The number of nitrogens with zero attached hydrogens (tertiary/aromatic N) is 3. The van der Waals surface area contributed by atoms with Gasteiger partial charge < -0.3 is 25.6 Å². The van der Waals surface area contributed by atoms with Gasteiger partial charge in [0.15, 0.2) is 0 Å². The summed E-state index contributed by atoms with van der Waals surface area (Å²) in [4.78, 5) is 34.5. The Kier molecular flexibility index (Phi) is 6.53. The smallest absolute Gasteiger partial charge is 0.328 e. The number of carbonyl (C=O) groups is 2. The van der Waals surface area contributed by atoms with E-state index in [1.807, 2.05) is 37.0 Å². The Hall–Kier alpha value is -3.30. The summed E-state index contributed by atoms with van der Waals surface area (Å²) in [7, 11) is 3.19. The SMILES string of the molecule is Bc1cnc(Nc2cccc(NC(=O)N3CCCC3)c2)nc1NC(C)C(=O)OC. The van der Waals surface area contributed by atoms with E-state index in [-0.39, 0.29) is 12.0 Å². The lowest BCUT2D eigenvalue weighted by Gasteiger charge is -2.17. The van der Waals surface area contributed by atoms with E-state index >= 15 is 0 Å². The molecule has 0 spiro atoms. The molecule has 1 aromatic carbocycles. The quantitative estimate of drug-likeness (QED) is 0.495. The molecule has 152 valence electrons. The molecular weight excluding hydrogens is 371 g/mol. The number of aromatic nitrogens is 2. The summed E-state index contributed by atoms with van der Waals surface area (Å²) in [6.45, 7) is 3.29. The van der Waals surface area contributed by atoms with Crippen LogP contribution in [0.1, 0.15) is 19.8 Å². The Labute approximate surface area is 170 Å². The predicted octanol–water partition coefficient (Wildman–Crippen LogP) is 1.08. The minimum Gasteiger partial charge on any atom is -0.467 e. The number of methoxy groups -OCH3 is 1. The Morgan fingerprint density at radius 1 is 1.24 bits per heavy atom. The number of hydrogen-bond acceptors (Lipinski definition) is 7. The first-order valence-corrected chi connectivity index (χ1v) is 9.57. The van der Waals surface area contributed by atoms with Crippen molar-refractivity contribution in [1.82, 2.24) is 14.9 Å². The lowest BCUT2D eigenvalue weighted by atomic mass is 9.99. The van der Waals surface area contributed by atoms with Crippen molar-refractivity contribution in [3.8, 4) is 0 Å². The second-order valence-corrected chi connectivity index (χ2v) is 6.94. The Balaban J connectivity index is 1.68. The number of anilines is 4. The molecule has 1 unspecified atom stereocenters. The number of rotatable bonds is 6. The van der Waals surface area contributed by atoms with Crippen LogP contribution < -0.4 is 21.4 Å². The van der Waals surface area contributed by atoms with Crippen LogP contribution in [0.15, 0.2) is 30.5 Å². The molecule has 1 fully saturated rings. The number of nitrogens with one attached hydrogen (secondary N) is 3. The van der Waals surface area contributed by atoms with Crippen LogP contribution in [0.4, 0.5) is 27.9 Å². The Bertz CT molecular complexity index is 888. The van der Waals surface area contributed by atoms with Crippen molar-refractivity contribution < 1.29 is 14.3 Å². The van der Waals surface area contributed by atoms with Crippen LogP contribution in [0.5, 0.6) is 0 Å². The molecular formula is C19H25BN6O3. The number of carbonyl (C=O) groups excluding carboxylic acids is 2. The molecule has 0 saturated carbocycles. The Morgan fingerprint density at radius 3 is 2.69 bits per heavy atom. The zero-order valence-electron chi connectivity index (χ0n) is 16.9. The molecule has 29 heavy (non-hydrogen) atoms. The average molecular weight is 396 g/mol. The van der Waals surface area contributed by atoms with E-state index in [1.54, 1.807) is 13.1 Å². The van der Waals surface area contributed by atoms with E-state index in [4.69, 9.17) is 4.74 Å². The third-order valence-electron chi connectivity index (χ3n) is 4.64. The number of urea groups is 1. The first-order valence-electron chi connectivity index (χ1n) is 9.57. The van der Waals surface area contributed by atoms with Crippen molar-refractivity contribution in [2.24, 2.45) is 0 Å². The number of hydrogen-bond donors (Lipinski definition) is 3. The van der Waals surface area contributed by atoms with E-state index in [9.17, 15) is 9.59 Å². The van der Waals surface area contributed by atoms with Crippen molar-refractivity contribution in [3.63, 3.8) is 0 Å². The average Bonchev–Trinajstić information content (AvgIpc) is 3.25. The number of benzene rings is 1. The summed E-state index contributed by atoms with van der Waals surface area (Å²) < 4.78 is 4.73. The minimum absolute atomic E-state index is 0.0884. The highest BCUT2D eigenvalue weighted by Crippen LogP contribution is 2.19. The molecule has 1 aliphatic heterocycles. The van der Waals surface area contributed by atoms with Gasteiger partial charge in [-0.25, -0.2) is 14.6 Å². The standard InChI is InChI=1S/C19H25BN6O3/c1-12(17(27)29-2)22-16-15(20)11-21-18(25-16)23-13-6-5-7-14(10-13)24-19(28)26-8-3-4-9-26/h5-7,10-12H,3-4,8-9,20H2,1-2H3,(H,24,28)(H2,21,22,23,25). The summed E-state index contributed by atoms with van der Waals surface area (Å²) in [5.74, 6) is 0.538. The molecule has 0 aliphatic carbocycles. The van der Waals surface area contributed by atoms with Gasteiger partial charge in [0.25, 0.3) is 0 Å². The maximum atomic E-state index is 12.3. The third kappa shape index (κ3) is 5.37. The molecule has 0 bridgehead atoms. The van der Waals surface area contributed by atoms with Crippen LogP contribution in [0.3, 0.4) is 0 Å². The number of esters is 1. The molecule has 3 rings (SSSR count). The zero-order valence-corrected chi connectivity index (χ0v) is 16.9. The molecule has 9 nitrogen and oxygen atoms in total. The predicted molar refractivity (Wildman–Crippen MR) is 115 cm³/mol. The van der Waals surface area contributed by atoms with Gasteiger partial charge in [-0.2, -0.15) is 4.98 Å². The van der Waals surface area contributed by atoms with Crippen LogP contribution in [-0.2, 0) is 9.53 Å². The van der Waals surface area contributed by atoms with Crippen molar-refractivity contribution >= 4 is 48.5 Å². The van der Waals surface area contributed by atoms with E-state index in [2.05, 4.69) is 25.9 Å². The van der Waals surface area contributed by atoms with E-state index < -0.39 is 6.04 Å². The van der Waals surface area contributed by atoms with Gasteiger partial charge in [-0.15, -0.1) is 0 Å². The van der Waals surface area contributed by atoms with E-state index in [1.165, 1.54) is 7.11 Å². The zero-order chi connectivity index (χ0) is 20.8. The van der Waals surface area contributed by atoms with Gasteiger partial charge in [0.1, 0.15) is 19.7 Å². The highest BCUT2D eigenvalue weighted by Gasteiger charge is 2.18. The van der Waals surface area contributed by atoms with Crippen molar-refractivity contribution in [2.45, 2.75) is 25.8 Å². The van der Waals surface area contributed by atoms with Gasteiger partial charge in [-0.1, -0.05) is 6.07 Å². The van der Waals surface area contributed by atoms with Crippen LogP contribution in [0, 0.1) is 0 Å². The lowest BCUT2D eigenvalue weighted by molar-refractivity contribution is -0.141. The van der Waals surface area contributed by atoms with Gasteiger partial charge >= 0.3 is 12.0 Å². The van der Waals surface area contributed by atoms with Crippen LogP contribution in [0.2, 0.25) is 0 Å². The second kappa shape index (κ2) is 9.27. The molecule has 0 radical (unpaired) electrons. The lowest BCUT2D eigenvalue weighted by Crippen LogP contribution is -2.32. The van der Waals surface area contributed by atoms with Gasteiger partial charge in [-0.05, 0) is 43.4 Å². The van der Waals surface area contributed by atoms with E-state index in [0.29, 0.717) is 17.5 Å². The van der Waals surface area contributed by atoms with Crippen molar-refractivity contribution in [3.05, 3.63) is 30.5 Å². The normalized spacial score (nSPS) is 14.2. The fourth-order valence-electron chi connectivity index (χ4n) is 3.02. The molecule has 1 aromatic heterocycles. The fraction of sp³-hybridized carbons (Fsp3) is 0.368. The number of amides is 2. The van der Waals surface area contributed by atoms with Gasteiger partial charge in [0, 0.05) is 30.7 Å². The van der Waals surface area contributed by atoms with Crippen molar-refractivity contribution in [1.29, 1.82) is 0 Å². The summed E-state index contributed by atoms with van der Waals surface area (Å²) in [5.41, 5.74) is 2.23. The maximum absolute atomic E-state index is 12.3. The van der Waals surface area contributed by atoms with E-state index in [0.717, 1.165) is 37.1 Å². The highest BCUT2D eigenvalue weighted by atomic mass is 16.5. The van der Waals surface area contributed by atoms with Crippen molar-refractivity contribution in [2.75, 3.05) is 36.1 Å². The summed E-state index contributed by atoms with van der Waals surface area (Å²) >= 11 is 0. The Morgan fingerprint density at radius 2 is 1.97 bits per heavy atom. The molecule has 2 aromatic rings. The van der Waals surface area contributed by atoms with Gasteiger partial charge in [0.05, 0.1) is 7.11 Å². The van der Waals surface area contributed by atoms with Crippen LogP contribution in [-0.4, -0.2) is 61.0 Å². The molecule has 1 saturated heterocycles. The largest absolute Gasteiger partial charge is 0.467 e. The van der Waals surface area contributed by atoms with Crippen LogP contribution >= 0.6 is 0 Å². The molecule has 3 N–H and O–H groups in total. The first-order chi connectivity index (χ1) is 14.0. The first kappa shape index (κ1) is 20.4. The number of ether oxygens (including phenoxy) is 1. The van der Waals surface area contributed by atoms with Gasteiger partial charge in [0.2, 0.25) is 5.95 Å². The maximum Gasteiger partial charge on any atom is 0.328 e. The van der Waals surface area contributed by atoms with Crippen LogP contribution in [0.25, 0.3) is 0 Å². The second-order valence-electron chi connectivity index (χ2n) is 6.94. The minimum atomic E-state index is -0.537. The molecule has 10 heteroatoms. The van der Waals surface area contributed by atoms with Gasteiger partial charge in [-0.3, -0.25) is 0 Å².